The molecule has 0 aromatic heterocycles. The number of rotatable bonds is 4. The maximum Gasteiger partial charge on any atom is 0.237 e. The van der Waals surface area contributed by atoms with E-state index >= 15 is 0 Å². The van der Waals surface area contributed by atoms with E-state index in [-0.39, 0.29) is 11.3 Å². The van der Waals surface area contributed by atoms with E-state index in [0.29, 0.717) is 18.0 Å². The molecular weight excluding hydrogens is 326 g/mol. The minimum absolute atomic E-state index is 0.161. The van der Waals surface area contributed by atoms with E-state index in [4.69, 9.17) is 9.47 Å². The number of methoxy groups -OCH3 is 2. The van der Waals surface area contributed by atoms with Crippen molar-refractivity contribution in [1.29, 1.82) is 0 Å². The third-order valence-electron chi connectivity index (χ3n) is 5.58. The summed E-state index contributed by atoms with van der Waals surface area (Å²) in [5.41, 5.74) is 3.58. The molecule has 2 aromatic carbocycles. The number of hydrogen-bond acceptors (Lipinski definition) is 3. The summed E-state index contributed by atoms with van der Waals surface area (Å²) in [6, 6.07) is 14.0. The molecule has 1 amide bonds. The number of fused-ring (bicyclic) bond motifs is 1. The van der Waals surface area contributed by atoms with Gasteiger partial charge in [-0.25, -0.2) is 0 Å². The first-order valence-electron chi connectivity index (χ1n) is 8.92. The largest absolute Gasteiger partial charge is 0.493 e. The second-order valence-electron chi connectivity index (χ2n) is 6.97. The van der Waals surface area contributed by atoms with Crippen molar-refractivity contribution in [3.8, 4) is 11.5 Å². The van der Waals surface area contributed by atoms with Crippen LogP contribution in [-0.2, 0) is 16.6 Å². The van der Waals surface area contributed by atoms with E-state index in [2.05, 4.69) is 18.7 Å². The van der Waals surface area contributed by atoms with Crippen molar-refractivity contribution in [2.75, 3.05) is 20.8 Å². The van der Waals surface area contributed by atoms with Gasteiger partial charge in [0.25, 0.3) is 0 Å². The summed E-state index contributed by atoms with van der Waals surface area (Å²) in [5, 5.41) is 0. The predicted molar refractivity (Wildman–Crippen MR) is 101 cm³/mol. The zero-order chi connectivity index (χ0) is 18.3. The Morgan fingerprint density at radius 1 is 1.08 bits per heavy atom. The topological polar surface area (TPSA) is 38.8 Å². The molecule has 1 heterocycles. The summed E-state index contributed by atoms with van der Waals surface area (Å²) in [6.07, 6.45) is 2.59. The molecule has 1 aliphatic carbocycles. The average molecular weight is 349 g/mol. The van der Waals surface area contributed by atoms with E-state index < -0.39 is 0 Å². The first-order valence-corrected chi connectivity index (χ1v) is 8.92. The van der Waals surface area contributed by atoms with Gasteiger partial charge in [-0.3, -0.25) is 4.79 Å². The Balaban J connectivity index is 1.67. The molecule has 4 heteroatoms. The Labute approximate surface area is 154 Å². The van der Waals surface area contributed by atoms with Crippen molar-refractivity contribution in [2.24, 2.45) is 0 Å². The molecule has 0 N–H and O–H groups in total. The SMILES string of the molecule is C=C1c2cc(OC)c(OC)cc2CCN1C(=O)C1(c2ccccc2)CC1. The molecule has 2 aliphatic rings. The van der Waals surface area contributed by atoms with Gasteiger partial charge in [-0.2, -0.15) is 0 Å². The van der Waals surface area contributed by atoms with E-state index in [1.165, 1.54) is 0 Å². The molecule has 26 heavy (non-hydrogen) atoms. The molecular formula is C22H23NO3. The van der Waals surface area contributed by atoms with Gasteiger partial charge in [-0.05, 0) is 42.5 Å². The predicted octanol–water partition coefficient (Wildman–Crippen LogP) is 3.79. The second-order valence-corrected chi connectivity index (χ2v) is 6.97. The van der Waals surface area contributed by atoms with E-state index in [9.17, 15) is 4.79 Å². The fourth-order valence-electron chi connectivity index (χ4n) is 3.90. The smallest absolute Gasteiger partial charge is 0.237 e. The van der Waals surface area contributed by atoms with Crippen LogP contribution in [0.1, 0.15) is 29.5 Å². The molecule has 1 fully saturated rings. The van der Waals surface area contributed by atoms with Gasteiger partial charge in [0.1, 0.15) is 0 Å². The van der Waals surface area contributed by atoms with Crippen molar-refractivity contribution < 1.29 is 14.3 Å². The molecule has 0 spiro atoms. The second kappa shape index (κ2) is 6.20. The van der Waals surface area contributed by atoms with Gasteiger partial charge in [0.15, 0.2) is 11.5 Å². The van der Waals surface area contributed by atoms with E-state index in [1.54, 1.807) is 14.2 Å². The van der Waals surface area contributed by atoms with Gasteiger partial charge >= 0.3 is 0 Å². The fourth-order valence-corrected chi connectivity index (χ4v) is 3.90. The highest BCUT2D eigenvalue weighted by Gasteiger charge is 2.53. The van der Waals surface area contributed by atoms with Gasteiger partial charge in [0, 0.05) is 17.8 Å². The van der Waals surface area contributed by atoms with E-state index in [0.717, 1.165) is 41.6 Å². The van der Waals surface area contributed by atoms with Crippen LogP contribution in [-0.4, -0.2) is 31.6 Å². The summed E-state index contributed by atoms with van der Waals surface area (Å²) < 4.78 is 10.8. The maximum absolute atomic E-state index is 13.4. The third-order valence-corrected chi connectivity index (χ3v) is 5.58. The lowest BCUT2D eigenvalue weighted by Gasteiger charge is -2.34. The number of carbonyl (C=O) groups excluding carboxylic acids is 1. The van der Waals surface area contributed by atoms with Crippen molar-refractivity contribution in [3.63, 3.8) is 0 Å². The first kappa shape index (κ1) is 16.7. The Hall–Kier alpha value is -2.75. The van der Waals surface area contributed by atoms with Crippen LogP contribution < -0.4 is 9.47 Å². The minimum atomic E-state index is -0.377. The highest BCUT2D eigenvalue weighted by molar-refractivity contribution is 5.97. The van der Waals surface area contributed by atoms with Crippen LogP contribution in [0.15, 0.2) is 49.0 Å². The molecule has 134 valence electrons. The van der Waals surface area contributed by atoms with Crippen molar-refractivity contribution in [2.45, 2.75) is 24.7 Å². The molecule has 0 saturated heterocycles. The van der Waals surface area contributed by atoms with Crippen molar-refractivity contribution in [3.05, 3.63) is 65.7 Å². The van der Waals surface area contributed by atoms with Crippen LogP contribution in [0.2, 0.25) is 0 Å². The minimum Gasteiger partial charge on any atom is -0.493 e. The molecule has 2 aromatic rings. The van der Waals surface area contributed by atoms with Crippen LogP contribution in [0, 0.1) is 0 Å². The zero-order valence-corrected chi connectivity index (χ0v) is 15.2. The molecule has 4 nitrogen and oxygen atoms in total. The zero-order valence-electron chi connectivity index (χ0n) is 15.2. The molecule has 0 atom stereocenters. The summed E-state index contributed by atoms with van der Waals surface area (Å²) in [6.45, 7) is 4.88. The first-order chi connectivity index (χ1) is 12.6. The Morgan fingerprint density at radius 3 is 2.35 bits per heavy atom. The van der Waals surface area contributed by atoms with Crippen LogP contribution in [0.4, 0.5) is 0 Å². The van der Waals surface area contributed by atoms with Gasteiger partial charge in [0.05, 0.1) is 19.6 Å². The normalized spacial score (nSPS) is 17.5. The number of hydrogen-bond donors (Lipinski definition) is 0. The maximum atomic E-state index is 13.4. The molecule has 1 aliphatic heterocycles. The van der Waals surface area contributed by atoms with Crippen molar-refractivity contribution >= 4 is 11.6 Å². The van der Waals surface area contributed by atoms with Crippen LogP contribution in [0.25, 0.3) is 5.70 Å². The van der Waals surface area contributed by atoms with Crippen LogP contribution in [0.3, 0.4) is 0 Å². The van der Waals surface area contributed by atoms with E-state index in [1.807, 2.05) is 35.2 Å². The van der Waals surface area contributed by atoms with Crippen LogP contribution >= 0.6 is 0 Å². The summed E-state index contributed by atoms with van der Waals surface area (Å²) in [5.74, 6) is 1.53. The molecule has 0 bridgehead atoms. The Bertz CT molecular complexity index is 868. The molecule has 4 rings (SSSR count). The summed E-state index contributed by atoms with van der Waals surface area (Å²) in [7, 11) is 3.25. The Morgan fingerprint density at radius 2 is 1.73 bits per heavy atom. The standard InChI is InChI=1S/C22H23NO3/c1-15-18-14-20(26-3)19(25-2)13-16(18)9-12-23(15)21(24)22(10-11-22)17-7-5-4-6-8-17/h4-8,13-14H,1,9-12H2,2-3H3. The lowest BCUT2D eigenvalue weighted by atomic mass is 9.91. The lowest BCUT2D eigenvalue weighted by Crippen LogP contribution is -2.41. The third kappa shape index (κ3) is 2.48. The number of benzene rings is 2. The number of ether oxygens (including phenoxy) is 2. The molecule has 1 saturated carbocycles. The quantitative estimate of drug-likeness (QED) is 0.843. The number of nitrogens with zero attached hydrogens (tertiary/aromatic N) is 1. The van der Waals surface area contributed by atoms with Gasteiger partial charge in [0.2, 0.25) is 5.91 Å². The number of amides is 1. The van der Waals surface area contributed by atoms with Gasteiger partial charge in [-0.15, -0.1) is 0 Å². The summed E-state index contributed by atoms with van der Waals surface area (Å²) >= 11 is 0. The van der Waals surface area contributed by atoms with Gasteiger partial charge in [-0.1, -0.05) is 36.9 Å². The number of carbonyl (C=O) groups is 1. The van der Waals surface area contributed by atoms with Crippen molar-refractivity contribution in [1.82, 2.24) is 4.90 Å². The molecule has 0 radical (unpaired) electrons. The highest BCUT2D eigenvalue weighted by atomic mass is 16.5. The monoisotopic (exact) mass is 349 g/mol. The molecule has 0 unspecified atom stereocenters. The Kier molecular flexibility index (Phi) is 3.98. The summed E-state index contributed by atoms with van der Waals surface area (Å²) in [4.78, 5) is 15.2. The highest BCUT2D eigenvalue weighted by Crippen LogP contribution is 2.51. The van der Waals surface area contributed by atoms with Crippen LogP contribution in [0.5, 0.6) is 11.5 Å². The lowest BCUT2D eigenvalue weighted by molar-refractivity contribution is -0.130. The average Bonchev–Trinajstić information content (AvgIpc) is 3.49. The van der Waals surface area contributed by atoms with Gasteiger partial charge < -0.3 is 14.4 Å². The fraction of sp³-hybridized carbons (Fsp3) is 0.318.